The van der Waals surface area contributed by atoms with E-state index in [9.17, 15) is 8.42 Å². The maximum atomic E-state index is 12.6. The molecule has 0 spiro atoms. The monoisotopic (exact) mass is 378 g/mol. The summed E-state index contributed by atoms with van der Waals surface area (Å²) in [4.78, 5) is 3.36. The summed E-state index contributed by atoms with van der Waals surface area (Å²) in [7, 11) is -3.66. The van der Waals surface area contributed by atoms with Crippen molar-refractivity contribution < 1.29 is 8.42 Å². The predicted molar refractivity (Wildman–Crippen MR) is 92.7 cm³/mol. The number of aryl methyl sites for hydroxylation is 2. The van der Waals surface area contributed by atoms with Gasteiger partial charge in [-0.2, -0.15) is 0 Å². The lowest BCUT2D eigenvalue weighted by atomic mass is 10.1. The topological polar surface area (TPSA) is 62.0 Å². The first-order chi connectivity index (χ1) is 10.4. The molecule has 0 unspecified atom stereocenters. The van der Waals surface area contributed by atoms with Crippen molar-refractivity contribution in [3.63, 3.8) is 0 Å². The number of hydrogen-bond donors (Lipinski definition) is 2. The van der Waals surface area contributed by atoms with Gasteiger partial charge in [0.25, 0.3) is 10.0 Å². The van der Waals surface area contributed by atoms with Crippen molar-refractivity contribution in [2.45, 2.75) is 18.7 Å². The van der Waals surface area contributed by atoms with Gasteiger partial charge in [-0.1, -0.05) is 18.2 Å². The summed E-state index contributed by atoms with van der Waals surface area (Å²) in [5.74, 6) is 0. The molecule has 0 aliphatic carbocycles. The number of aromatic amines is 1. The van der Waals surface area contributed by atoms with E-state index >= 15 is 0 Å². The molecule has 114 valence electrons. The fraction of sp³-hybridized carbons (Fsp3) is 0.125. The number of sulfonamides is 1. The van der Waals surface area contributed by atoms with Gasteiger partial charge < -0.3 is 4.98 Å². The standard InChI is InChI=1S/C16H15BrN2O2S/c1-10-7-8-13(16-15(10)11(2)9-18-16)19-22(20,21)14-6-4-3-5-12(14)17/h3-9,18-19H,1-2H3. The van der Waals surface area contributed by atoms with Crippen LogP contribution >= 0.6 is 15.9 Å². The lowest BCUT2D eigenvalue weighted by molar-refractivity contribution is 0.601. The molecule has 0 bridgehead atoms. The Kier molecular flexibility index (Phi) is 3.74. The van der Waals surface area contributed by atoms with Crippen LogP contribution in [0.25, 0.3) is 10.9 Å². The SMILES string of the molecule is Cc1ccc(NS(=O)(=O)c2ccccc2Br)c2[nH]cc(C)c12. The molecule has 6 heteroatoms. The summed E-state index contributed by atoms with van der Waals surface area (Å²) in [6.45, 7) is 4.01. The molecular formula is C16H15BrN2O2S. The second kappa shape index (κ2) is 5.44. The van der Waals surface area contributed by atoms with Crippen LogP contribution < -0.4 is 4.72 Å². The lowest BCUT2D eigenvalue weighted by Gasteiger charge is -2.11. The fourth-order valence-electron chi connectivity index (χ4n) is 2.56. The normalized spacial score (nSPS) is 11.8. The molecule has 0 aliphatic rings. The maximum absolute atomic E-state index is 12.6. The molecule has 1 aromatic heterocycles. The van der Waals surface area contributed by atoms with Gasteiger partial charge in [-0.05, 0) is 59.1 Å². The van der Waals surface area contributed by atoms with Crippen molar-refractivity contribution in [2.24, 2.45) is 0 Å². The second-order valence-electron chi connectivity index (χ2n) is 5.19. The van der Waals surface area contributed by atoms with Gasteiger partial charge in [0.2, 0.25) is 0 Å². The van der Waals surface area contributed by atoms with Gasteiger partial charge in [-0.25, -0.2) is 8.42 Å². The van der Waals surface area contributed by atoms with Gasteiger partial charge in [0.05, 0.1) is 11.2 Å². The van der Waals surface area contributed by atoms with Gasteiger partial charge in [-0.3, -0.25) is 4.72 Å². The van der Waals surface area contributed by atoms with Crippen LogP contribution in [0.1, 0.15) is 11.1 Å². The molecule has 2 aromatic carbocycles. The number of anilines is 1. The largest absolute Gasteiger partial charge is 0.359 e. The summed E-state index contributed by atoms with van der Waals surface area (Å²) in [5.41, 5.74) is 3.55. The number of nitrogens with one attached hydrogen (secondary N) is 2. The van der Waals surface area contributed by atoms with Crippen molar-refractivity contribution in [3.05, 3.63) is 58.2 Å². The molecule has 0 saturated carbocycles. The Balaban J connectivity index is 2.11. The molecule has 0 atom stereocenters. The van der Waals surface area contributed by atoms with Crippen LogP contribution in [-0.2, 0) is 10.0 Å². The molecule has 4 nitrogen and oxygen atoms in total. The molecule has 0 radical (unpaired) electrons. The van der Waals surface area contributed by atoms with Crippen LogP contribution in [0, 0.1) is 13.8 Å². The van der Waals surface area contributed by atoms with Gasteiger partial charge in [0.15, 0.2) is 0 Å². The lowest BCUT2D eigenvalue weighted by Crippen LogP contribution is -2.13. The fourth-order valence-corrected chi connectivity index (χ4v) is 4.64. The van der Waals surface area contributed by atoms with Crippen LogP contribution in [0.3, 0.4) is 0 Å². The molecule has 1 heterocycles. The zero-order valence-corrected chi connectivity index (χ0v) is 14.5. The highest BCUT2D eigenvalue weighted by molar-refractivity contribution is 9.10. The summed E-state index contributed by atoms with van der Waals surface area (Å²) in [6.07, 6.45) is 1.88. The van der Waals surface area contributed by atoms with Crippen molar-refractivity contribution in [1.82, 2.24) is 4.98 Å². The van der Waals surface area contributed by atoms with E-state index in [0.717, 1.165) is 22.0 Å². The van der Waals surface area contributed by atoms with E-state index in [2.05, 4.69) is 25.6 Å². The van der Waals surface area contributed by atoms with Gasteiger partial charge in [-0.15, -0.1) is 0 Å². The Morgan fingerprint density at radius 2 is 1.77 bits per heavy atom. The zero-order chi connectivity index (χ0) is 15.9. The number of benzene rings is 2. The van der Waals surface area contributed by atoms with E-state index in [1.54, 1.807) is 30.3 Å². The Bertz CT molecular complexity index is 961. The smallest absolute Gasteiger partial charge is 0.263 e. The number of aromatic nitrogens is 1. The summed E-state index contributed by atoms with van der Waals surface area (Å²) < 4.78 is 28.4. The Hall–Kier alpha value is -1.79. The van der Waals surface area contributed by atoms with Crippen LogP contribution in [0.4, 0.5) is 5.69 Å². The molecule has 0 aliphatic heterocycles. The highest BCUT2D eigenvalue weighted by atomic mass is 79.9. The molecule has 2 N–H and O–H groups in total. The average molecular weight is 379 g/mol. The third kappa shape index (κ3) is 2.53. The summed E-state index contributed by atoms with van der Waals surface area (Å²) in [6, 6.07) is 10.4. The van der Waals surface area contributed by atoms with Crippen LogP contribution in [0.2, 0.25) is 0 Å². The number of hydrogen-bond acceptors (Lipinski definition) is 2. The van der Waals surface area contributed by atoms with Gasteiger partial charge in [0, 0.05) is 16.1 Å². The van der Waals surface area contributed by atoms with E-state index in [0.29, 0.717) is 10.2 Å². The first kappa shape index (κ1) is 15.1. The molecule has 3 rings (SSSR count). The minimum Gasteiger partial charge on any atom is -0.359 e. The molecule has 3 aromatic rings. The van der Waals surface area contributed by atoms with Crippen molar-refractivity contribution in [2.75, 3.05) is 4.72 Å². The molecule has 0 fully saturated rings. The average Bonchev–Trinajstić information content (AvgIpc) is 2.85. The number of H-pyrrole nitrogens is 1. The van der Waals surface area contributed by atoms with E-state index < -0.39 is 10.0 Å². The van der Waals surface area contributed by atoms with Crippen molar-refractivity contribution >= 4 is 42.5 Å². The molecule has 0 amide bonds. The Morgan fingerprint density at radius 3 is 2.50 bits per heavy atom. The number of fused-ring (bicyclic) bond motifs is 1. The van der Waals surface area contributed by atoms with E-state index in [1.165, 1.54) is 0 Å². The van der Waals surface area contributed by atoms with Crippen molar-refractivity contribution in [1.29, 1.82) is 0 Å². The second-order valence-corrected chi connectivity index (χ2v) is 7.69. The molecule has 0 saturated heterocycles. The van der Waals surface area contributed by atoms with E-state index in [4.69, 9.17) is 0 Å². The van der Waals surface area contributed by atoms with Crippen LogP contribution in [0.15, 0.2) is 52.0 Å². The Labute approximate surface area is 137 Å². The van der Waals surface area contributed by atoms with Gasteiger partial charge >= 0.3 is 0 Å². The minimum atomic E-state index is -3.66. The van der Waals surface area contributed by atoms with Crippen molar-refractivity contribution in [3.8, 4) is 0 Å². The quantitative estimate of drug-likeness (QED) is 0.711. The third-order valence-corrected chi connectivity index (χ3v) is 5.99. The first-order valence-electron chi connectivity index (χ1n) is 6.75. The van der Waals surface area contributed by atoms with E-state index in [-0.39, 0.29) is 4.90 Å². The Morgan fingerprint density at radius 1 is 1.05 bits per heavy atom. The minimum absolute atomic E-state index is 0.215. The highest BCUT2D eigenvalue weighted by Crippen LogP contribution is 2.31. The first-order valence-corrected chi connectivity index (χ1v) is 9.02. The zero-order valence-electron chi connectivity index (χ0n) is 12.1. The maximum Gasteiger partial charge on any atom is 0.263 e. The molecule has 22 heavy (non-hydrogen) atoms. The van der Waals surface area contributed by atoms with Gasteiger partial charge in [0.1, 0.15) is 4.90 Å². The summed E-state index contributed by atoms with van der Waals surface area (Å²) in [5, 5.41) is 1.05. The van der Waals surface area contributed by atoms with Crippen LogP contribution in [0.5, 0.6) is 0 Å². The summed E-state index contributed by atoms with van der Waals surface area (Å²) >= 11 is 3.28. The number of halogens is 1. The number of rotatable bonds is 3. The predicted octanol–water partition coefficient (Wildman–Crippen LogP) is 4.35. The highest BCUT2D eigenvalue weighted by Gasteiger charge is 2.19. The van der Waals surface area contributed by atoms with E-state index in [1.807, 2.05) is 26.1 Å². The third-order valence-electron chi connectivity index (χ3n) is 3.61. The van der Waals surface area contributed by atoms with Crippen LogP contribution in [-0.4, -0.2) is 13.4 Å². The molecular weight excluding hydrogens is 364 g/mol.